The molecule has 2 aromatic heterocycles. The number of aromatic nitrogens is 1. The lowest BCUT2D eigenvalue weighted by Gasteiger charge is -2.00. The molecular weight excluding hydrogens is 356 g/mol. The number of rotatable bonds is 4. The minimum atomic E-state index is 0.724. The Labute approximate surface area is 115 Å². The van der Waals surface area contributed by atoms with E-state index in [1.54, 1.807) is 11.3 Å². The molecule has 0 saturated carbocycles. The van der Waals surface area contributed by atoms with Gasteiger partial charge in [-0.15, -0.1) is 11.3 Å². The minimum absolute atomic E-state index is 0.724. The molecule has 16 heavy (non-hydrogen) atoms. The van der Waals surface area contributed by atoms with Crippen LogP contribution in [0.2, 0.25) is 0 Å². The number of halogens is 2. The van der Waals surface area contributed by atoms with E-state index >= 15 is 0 Å². The van der Waals surface area contributed by atoms with Crippen LogP contribution in [0.4, 0.5) is 0 Å². The zero-order valence-electron chi connectivity index (χ0n) is 8.59. The summed E-state index contributed by atoms with van der Waals surface area (Å²) in [5, 5.41) is 3.24. The number of oxazole rings is 1. The molecule has 0 aliphatic rings. The summed E-state index contributed by atoms with van der Waals surface area (Å²) >= 11 is 8.60. The molecule has 0 aliphatic heterocycles. The van der Waals surface area contributed by atoms with Crippen molar-refractivity contribution < 1.29 is 4.42 Å². The van der Waals surface area contributed by atoms with Gasteiger partial charge in [-0.3, -0.25) is 0 Å². The Balaban J connectivity index is 2.33. The zero-order chi connectivity index (χ0) is 11.5. The molecule has 86 valence electrons. The zero-order valence-corrected chi connectivity index (χ0v) is 12.6. The van der Waals surface area contributed by atoms with Crippen molar-refractivity contribution in [2.45, 2.75) is 13.5 Å². The Morgan fingerprint density at radius 3 is 2.94 bits per heavy atom. The molecule has 0 aliphatic carbocycles. The second-order valence-electron chi connectivity index (χ2n) is 3.15. The SMILES string of the molecule is CCNCc1ncoc1-c1cc(Br)sc1Br. The van der Waals surface area contributed by atoms with E-state index < -0.39 is 0 Å². The lowest BCUT2D eigenvalue weighted by atomic mass is 10.2. The van der Waals surface area contributed by atoms with E-state index in [4.69, 9.17) is 4.42 Å². The fourth-order valence-corrected chi connectivity index (χ4v) is 4.15. The quantitative estimate of drug-likeness (QED) is 0.888. The Morgan fingerprint density at radius 1 is 1.50 bits per heavy atom. The van der Waals surface area contributed by atoms with Crippen LogP contribution in [0.5, 0.6) is 0 Å². The first-order chi connectivity index (χ1) is 7.72. The van der Waals surface area contributed by atoms with Gasteiger partial charge in [-0.05, 0) is 44.5 Å². The second kappa shape index (κ2) is 5.44. The molecule has 2 aromatic rings. The third kappa shape index (κ3) is 2.56. The Morgan fingerprint density at radius 2 is 2.31 bits per heavy atom. The first-order valence-corrected chi connectivity index (χ1v) is 7.21. The van der Waals surface area contributed by atoms with Gasteiger partial charge in [0, 0.05) is 12.1 Å². The third-order valence-corrected chi connectivity index (χ3v) is 4.42. The summed E-state index contributed by atoms with van der Waals surface area (Å²) in [6, 6.07) is 2.03. The van der Waals surface area contributed by atoms with Crippen LogP contribution >= 0.6 is 43.2 Å². The molecule has 2 heterocycles. The second-order valence-corrected chi connectivity index (χ2v) is 6.90. The van der Waals surface area contributed by atoms with Crippen molar-refractivity contribution in [3.05, 3.63) is 25.7 Å². The van der Waals surface area contributed by atoms with Crippen molar-refractivity contribution in [3.8, 4) is 11.3 Å². The van der Waals surface area contributed by atoms with Gasteiger partial charge in [0.05, 0.1) is 7.57 Å². The number of hydrogen-bond acceptors (Lipinski definition) is 4. The molecule has 0 spiro atoms. The van der Waals surface area contributed by atoms with Crippen LogP contribution in [0, 0.1) is 0 Å². The molecule has 0 radical (unpaired) electrons. The summed E-state index contributed by atoms with van der Waals surface area (Å²) in [6.45, 7) is 3.71. The van der Waals surface area contributed by atoms with Crippen LogP contribution in [0.3, 0.4) is 0 Å². The summed E-state index contributed by atoms with van der Waals surface area (Å²) < 4.78 is 7.57. The van der Waals surface area contributed by atoms with Crippen LogP contribution in [-0.2, 0) is 6.54 Å². The number of nitrogens with zero attached hydrogens (tertiary/aromatic N) is 1. The van der Waals surface area contributed by atoms with Gasteiger partial charge in [0.25, 0.3) is 0 Å². The first kappa shape index (κ1) is 12.3. The molecule has 6 heteroatoms. The van der Waals surface area contributed by atoms with Crippen LogP contribution < -0.4 is 5.32 Å². The van der Waals surface area contributed by atoms with Crippen molar-refractivity contribution >= 4 is 43.2 Å². The van der Waals surface area contributed by atoms with Crippen molar-refractivity contribution in [3.63, 3.8) is 0 Å². The van der Waals surface area contributed by atoms with Gasteiger partial charge in [-0.2, -0.15) is 0 Å². The first-order valence-electron chi connectivity index (χ1n) is 4.80. The monoisotopic (exact) mass is 364 g/mol. The maximum Gasteiger partial charge on any atom is 0.181 e. The molecule has 1 N–H and O–H groups in total. The predicted molar refractivity (Wildman–Crippen MR) is 72.6 cm³/mol. The van der Waals surface area contributed by atoms with E-state index in [2.05, 4.69) is 49.1 Å². The Kier molecular flexibility index (Phi) is 4.18. The van der Waals surface area contributed by atoms with E-state index in [-0.39, 0.29) is 0 Å². The predicted octanol–water partition coefficient (Wildman–Crippen LogP) is 4.04. The molecular formula is C10H10Br2N2OS. The van der Waals surface area contributed by atoms with Crippen LogP contribution in [0.1, 0.15) is 12.6 Å². The van der Waals surface area contributed by atoms with Gasteiger partial charge < -0.3 is 9.73 Å². The van der Waals surface area contributed by atoms with E-state index in [1.165, 1.54) is 6.39 Å². The molecule has 0 aromatic carbocycles. The maximum atomic E-state index is 5.45. The van der Waals surface area contributed by atoms with Crippen molar-refractivity contribution in [1.82, 2.24) is 10.3 Å². The summed E-state index contributed by atoms with van der Waals surface area (Å²) in [5.41, 5.74) is 1.98. The number of nitrogens with one attached hydrogen (secondary N) is 1. The standard InChI is InChI=1S/C10H10Br2N2OS/c1-2-13-4-7-9(15-5-14-7)6-3-8(11)16-10(6)12/h3,5,13H,2,4H2,1H3. The minimum Gasteiger partial charge on any atom is -0.443 e. The fourth-order valence-electron chi connectivity index (χ4n) is 1.35. The van der Waals surface area contributed by atoms with E-state index in [0.29, 0.717) is 0 Å². The third-order valence-electron chi connectivity index (χ3n) is 2.08. The molecule has 0 unspecified atom stereocenters. The Hall–Kier alpha value is -0.170. The number of thiophene rings is 1. The lowest BCUT2D eigenvalue weighted by Crippen LogP contribution is -2.12. The Bertz CT molecular complexity index is 481. The van der Waals surface area contributed by atoms with Gasteiger partial charge in [0.1, 0.15) is 5.69 Å². The molecule has 0 bridgehead atoms. The largest absolute Gasteiger partial charge is 0.443 e. The van der Waals surface area contributed by atoms with Gasteiger partial charge in [-0.25, -0.2) is 4.98 Å². The summed E-state index contributed by atoms with van der Waals surface area (Å²) in [4.78, 5) is 4.22. The van der Waals surface area contributed by atoms with Gasteiger partial charge in [0.2, 0.25) is 0 Å². The highest BCUT2D eigenvalue weighted by Crippen LogP contribution is 2.39. The van der Waals surface area contributed by atoms with Gasteiger partial charge in [-0.1, -0.05) is 6.92 Å². The lowest BCUT2D eigenvalue weighted by molar-refractivity contribution is 0.570. The average molecular weight is 366 g/mol. The van der Waals surface area contributed by atoms with Crippen LogP contribution in [0.15, 0.2) is 24.4 Å². The topological polar surface area (TPSA) is 38.1 Å². The van der Waals surface area contributed by atoms with Crippen LogP contribution in [0.25, 0.3) is 11.3 Å². The highest BCUT2D eigenvalue weighted by molar-refractivity contribution is 9.12. The van der Waals surface area contributed by atoms with Crippen molar-refractivity contribution in [2.75, 3.05) is 6.54 Å². The van der Waals surface area contributed by atoms with E-state index in [1.807, 2.05) is 6.07 Å². The summed E-state index contributed by atoms with van der Waals surface area (Å²) in [7, 11) is 0. The van der Waals surface area contributed by atoms with Crippen molar-refractivity contribution in [2.24, 2.45) is 0 Å². The van der Waals surface area contributed by atoms with Crippen LogP contribution in [-0.4, -0.2) is 11.5 Å². The summed E-state index contributed by atoms with van der Waals surface area (Å²) in [6.07, 6.45) is 1.49. The van der Waals surface area contributed by atoms with E-state index in [9.17, 15) is 0 Å². The maximum absolute atomic E-state index is 5.45. The average Bonchev–Trinajstić information content (AvgIpc) is 2.81. The highest BCUT2D eigenvalue weighted by Gasteiger charge is 2.15. The normalized spacial score (nSPS) is 10.9. The van der Waals surface area contributed by atoms with Crippen molar-refractivity contribution in [1.29, 1.82) is 0 Å². The molecule has 3 nitrogen and oxygen atoms in total. The molecule has 2 rings (SSSR count). The van der Waals surface area contributed by atoms with E-state index in [0.717, 1.165) is 37.7 Å². The van der Waals surface area contributed by atoms with Gasteiger partial charge in [0.15, 0.2) is 12.2 Å². The molecule has 0 saturated heterocycles. The smallest absolute Gasteiger partial charge is 0.181 e. The fraction of sp³-hybridized carbons (Fsp3) is 0.300. The molecule has 0 atom stereocenters. The molecule has 0 fully saturated rings. The van der Waals surface area contributed by atoms with Gasteiger partial charge >= 0.3 is 0 Å². The highest BCUT2D eigenvalue weighted by atomic mass is 79.9. The summed E-state index contributed by atoms with van der Waals surface area (Å²) in [5.74, 6) is 0.828. The number of hydrogen-bond donors (Lipinski definition) is 1. The molecule has 0 amide bonds.